The zero-order chi connectivity index (χ0) is 16.1. The molecule has 1 amide bonds. The predicted molar refractivity (Wildman–Crippen MR) is 87.3 cm³/mol. The maximum Gasteiger partial charge on any atom is 0.257 e. The van der Waals surface area contributed by atoms with Gasteiger partial charge in [0.25, 0.3) is 5.91 Å². The van der Waals surface area contributed by atoms with Crippen molar-refractivity contribution in [2.75, 3.05) is 26.7 Å². The lowest BCUT2D eigenvalue weighted by atomic mass is 9.78. The van der Waals surface area contributed by atoms with Gasteiger partial charge in [-0.1, -0.05) is 20.8 Å². The molecule has 3 heterocycles. The highest BCUT2D eigenvalue weighted by Gasteiger charge is 2.46. The Morgan fingerprint density at radius 3 is 2.50 bits per heavy atom. The highest BCUT2D eigenvalue weighted by Crippen LogP contribution is 2.38. The minimum absolute atomic E-state index is 0.0688. The summed E-state index contributed by atoms with van der Waals surface area (Å²) in [6.45, 7) is 11.1. The van der Waals surface area contributed by atoms with Crippen LogP contribution in [0, 0.1) is 6.92 Å². The molecule has 122 valence electrons. The van der Waals surface area contributed by atoms with Gasteiger partial charge in [0.05, 0.1) is 5.56 Å². The lowest BCUT2D eigenvalue weighted by molar-refractivity contribution is -0.0409. The Bertz CT molecular complexity index is 584. The van der Waals surface area contributed by atoms with Crippen molar-refractivity contribution in [3.05, 3.63) is 23.2 Å². The monoisotopic (exact) mass is 304 g/mol. The van der Waals surface area contributed by atoms with E-state index in [0.29, 0.717) is 0 Å². The molecule has 0 bridgehead atoms. The number of hydrogen-bond donors (Lipinski definition) is 0. The number of likely N-dealkylation sites (N-methyl/N-ethyl adjacent to an activating group) is 1. The topological polar surface area (TPSA) is 36.7 Å². The van der Waals surface area contributed by atoms with Gasteiger partial charge in [-0.25, -0.2) is 0 Å². The second-order valence-electron chi connectivity index (χ2n) is 8.06. The van der Waals surface area contributed by atoms with Crippen LogP contribution >= 0.6 is 0 Å². The van der Waals surface area contributed by atoms with E-state index in [4.69, 9.17) is 4.42 Å². The highest BCUT2D eigenvalue weighted by atomic mass is 16.3. The van der Waals surface area contributed by atoms with Gasteiger partial charge in [0, 0.05) is 30.6 Å². The molecule has 1 aromatic heterocycles. The molecule has 1 aromatic rings. The Kier molecular flexibility index (Phi) is 3.63. The van der Waals surface area contributed by atoms with Crippen molar-refractivity contribution < 1.29 is 9.21 Å². The summed E-state index contributed by atoms with van der Waals surface area (Å²) in [5, 5.41) is 0. The third-order valence-electron chi connectivity index (χ3n) is 5.45. The molecule has 1 spiro atoms. The van der Waals surface area contributed by atoms with E-state index in [2.05, 4.69) is 32.7 Å². The molecule has 2 fully saturated rings. The first-order valence-electron chi connectivity index (χ1n) is 8.34. The maximum absolute atomic E-state index is 12.9. The molecular weight excluding hydrogens is 276 g/mol. The molecule has 0 radical (unpaired) electrons. The minimum Gasteiger partial charge on any atom is -0.465 e. The van der Waals surface area contributed by atoms with Crippen molar-refractivity contribution >= 4 is 5.91 Å². The van der Waals surface area contributed by atoms with Crippen LogP contribution in [0.3, 0.4) is 0 Å². The Morgan fingerprint density at radius 2 is 2.00 bits per heavy atom. The summed E-state index contributed by atoms with van der Waals surface area (Å²) >= 11 is 0. The van der Waals surface area contributed by atoms with Crippen molar-refractivity contribution in [2.45, 2.75) is 57.9 Å². The fourth-order valence-electron chi connectivity index (χ4n) is 3.69. The van der Waals surface area contributed by atoms with Gasteiger partial charge in [0.1, 0.15) is 11.5 Å². The van der Waals surface area contributed by atoms with Crippen LogP contribution in [0.1, 0.15) is 61.9 Å². The molecule has 2 saturated heterocycles. The van der Waals surface area contributed by atoms with E-state index in [1.807, 2.05) is 17.9 Å². The standard InChI is InChI=1S/C18H28N2O2/c1-13-14(11-15(22-13)17(2,3)4)16(21)20-9-6-7-18(12-20)8-10-19(18)5/h11H,6-10,12H2,1-5H3/t18-/m0/s1. The molecule has 4 nitrogen and oxygen atoms in total. The number of hydrogen-bond acceptors (Lipinski definition) is 3. The number of nitrogens with zero attached hydrogens (tertiary/aromatic N) is 2. The summed E-state index contributed by atoms with van der Waals surface area (Å²) in [6, 6.07) is 1.95. The average Bonchev–Trinajstić information content (AvgIpc) is 2.87. The summed E-state index contributed by atoms with van der Waals surface area (Å²) in [4.78, 5) is 17.4. The Morgan fingerprint density at radius 1 is 1.27 bits per heavy atom. The largest absolute Gasteiger partial charge is 0.465 e. The second-order valence-corrected chi connectivity index (χ2v) is 8.06. The normalized spacial score (nSPS) is 26.3. The average molecular weight is 304 g/mol. The number of likely N-dealkylation sites (tertiary alicyclic amines) is 2. The van der Waals surface area contributed by atoms with Gasteiger partial charge in [-0.3, -0.25) is 9.69 Å². The summed E-state index contributed by atoms with van der Waals surface area (Å²) in [5.74, 6) is 1.77. The molecule has 0 N–H and O–H groups in total. The van der Waals surface area contributed by atoms with Gasteiger partial charge in [-0.15, -0.1) is 0 Å². The third-order valence-corrected chi connectivity index (χ3v) is 5.45. The number of piperidine rings is 1. The first-order valence-corrected chi connectivity index (χ1v) is 8.34. The molecule has 2 aliphatic rings. The molecule has 1 atom stereocenters. The van der Waals surface area contributed by atoms with Gasteiger partial charge in [-0.2, -0.15) is 0 Å². The fraction of sp³-hybridized carbons (Fsp3) is 0.722. The summed E-state index contributed by atoms with van der Waals surface area (Å²) in [7, 11) is 2.18. The summed E-state index contributed by atoms with van der Waals surface area (Å²) in [6.07, 6.45) is 3.52. The van der Waals surface area contributed by atoms with Crippen molar-refractivity contribution in [1.82, 2.24) is 9.80 Å². The van der Waals surface area contributed by atoms with Crippen LogP contribution in [0.4, 0.5) is 0 Å². The van der Waals surface area contributed by atoms with E-state index in [1.165, 1.54) is 12.8 Å². The smallest absolute Gasteiger partial charge is 0.257 e. The van der Waals surface area contributed by atoms with Crippen LogP contribution in [-0.4, -0.2) is 47.9 Å². The van der Waals surface area contributed by atoms with Crippen molar-refractivity contribution in [1.29, 1.82) is 0 Å². The van der Waals surface area contributed by atoms with Crippen molar-refractivity contribution in [2.24, 2.45) is 0 Å². The van der Waals surface area contributed by atoms with Crippen LogP contribution in [0.15, 0.2) is 10.5 Å². The van der Waals surface area contributed by atoms with Crippen molar-refractivity contribution in [3.8, 4) is 0 Å². The number of furan rings is 1. The van der Waals surface area contributed by atoms with Gasteiger partial charge < -0.3 is 9.32 Å². The molecule has 0 saturated carbocycles. The van der Waals surface area contributed by atoms with Crippen LogP contribution < -0.4 is 0 Å². The molecule has 4 heteroatoms. The van der Waals surface area contributed by atoms with Gasteiger partial charge in [0.2, 0.25) is 0 Å². The Balaban J connectivity index is 1.81. The van der Waals surface area contributed by atoms with E-state index in [-0.39, 0.29) is 16.9 Å². The third kappa shape index (κ3) is 2.47. The molecular formula is C18H28N2O2. The quantitative estimate of drug-likeness (QED) is 0.799. The van der Waals surface area contributed by atoms with Gasteiger partial charge in [0.15, 0.2) is 0 Å². The lowest BCUT2D eigenvalue weighted by Crippen LogP contribution is -2.66. The molecule has 2 aliphatic heterocycles. The van der Waals surface area contributed by atoms with E-state index in [1.54, 1.807) is 0 Å². The number of aryl methyl sites for hydroxylation is 1. The summed E-state index contributed by atoms with van der Waals surface area (Å²) in [5.41, 5.74) is 0.905. The predicted octanol–water partition coefficient (Wildman–Crippen LogP) is 3.20. The van der Waals surface area contributed by atoms with Crippen LogP contribution in [0.2, 0.25) is 0 Å². The first kappa shape index (κ1) is 15.6. The number of rotatable bonds is 1. The SMILES string of the molecule is Cc1oc(C(C)(C)C)cc1C(=O)N1CCC[C@]2(CCN2C)C1. The van der Waals surface area contributed by atoms with Gasteiger partial charge >= 0.3 is 0 Å². The Labute approximate surface area is 133 Å². The van der Waals surface area contributed by atoms with E-state index in [9.17, 15) is 4.79 Å². The molecule has 22 heavy (non-hydrogen) atoms. The molecule has 0 aromatic carbocycles. The zero-order valence-corrected chi connectivity index (χ0v) is 14.5. The zero-order valence-electron chi connectivity index (χ0n) is 14.5. The van der Waals surface area contributed by atoms with Crippen LogP contribution in [-0.2, 0) is 5.41 Å². The highest BCUT2D eigenvalue weighted by molar-refractivity contribution is 5.95. The van der Waals surface area contributed by atoms with Crippen LogP contribution in [0.5, 0.6) is 0 Å². The van der Waals surface area contributed by atoms with E-state index >= 15 is 0 Å². The Hall–Kier alpha value is -1.29. The van der Waals surface area contributed by atoms with Crippen molar-refractivity contribution in [3.63, 3.8) is 0 Å². The lowest BCUT2D eigenvalue weighted by Gasteiger charge is -2.55. The maximum atomic E-state index is 12.9. The minimum atomic E-state index is -0.0688. The number of carbonyl (C=O) groups is 1. The first-order chi connectivity index (χ1) is 10.2. The second kappa shape index (κ2) is 5.12. The molecule has 0 aliphatic carbocycles. The van der Waals surface area contributed by atoms with E-state index in [0.717, 1.165) is 43.1 Å². The van der Waals surface area contributed by atoms with Crippen LogP contribution in [0.25, 0.3) is 0 Å². The number of amides is 1. The summed E-state index contributed by atoms with van der Waals surface area (Å²) < 4.78 is 5.85. The fourth-order valence-corrected chi connectivity index (χ4v) is 3.69. The molecule has 3 rings (SSSR count). The van der Waals surface area contributed by atoms with Gasteiger partial charge in [-0.05, 0) is 39.3 Å². The van der Waals surface area contributed by atoms with E-state index < -0.39 is 0 Å². The molecule has 0 unspecified atom stereocenters. The number of carbonyl (C=O) groups excluding carboxylic acids is 1.